The van der Waals surface area contributed by atoms with Crippen LogP contribution in [0.25, 0.3) is 0 Å². The number of guanidine groups is 1. The number of morpholine rings is 1. The Bertz CT molecular complexity index is 592. The van der Waals surface area contributed by atoms with Crippen molar-refractivity contribution in [2.45, 2.75) is 39.3 Å². The molecule has 1 unspecified atom stereocenters. The molecule has 8 heteroatoms. The smallest absolute Gasteiger partial charge is 0.191 e. The van der Waals surface area contributed by atoms with Crippen LogP contribution in [0.1, 0.15) is 27.7 Å². The maximum atomic E-state index is 13.0. The first-order chi connectivity index (χ1) is 12.9. The van der Waals surface area contributed by atoms with E-state index in [1.165, 1.54) is 12.1 Å². The van der Waals surface area contributed by atoms with Crippen LogP contribution in [0.15, 0.2) is 29.3 Å². The van der Waals surface area contributed by atoms with Crippen molar-refractivity contribution in [1.29, 1.82) is 0 Å². The number of halogens is 2. The monoisotopic (exact) mass is 508 g/mol. The molecule has 28 heavy (non-hydrogen) atoms. The van der Waals surface area contributed by atoms with Gasteiger partial charge in [0.25, 0.3) is 0 Å². The lowest BCUT2D eigenvalue weighted by Crippen LogP contribution is -2.52. The van der Waals surface area contributed by atoms with E-state index in [2.05, 4.69) is 29.4 Å². The second-order valence-electron chi connectivity index (χ2n) is 7.37. The Hall–Kier alpha value is -1.13. The number of hydrogen-bond donors (Lipinski definition) is 2. The van der Waals surface area contributed by atoms with Gasteiger partial charge in [0.2, 0.25) is 0 Å². The summed E-state index contributed by atoms with van der Waals surface area (Å²) in [7, 11) is 0. The van der Waals surface area contributed by atoms with Crippen LogP contribution in [-0.4, -0.2) is 68.4 Å². The zero-order valence-corrected chi connectivity index (χ0v) is 19.7. The molecule has 1 atom stereocenters. The van der Waals surface area contributed by atoms with Gasteiger partial charge in [-0.2, -0.15) is 0 Å². The molecule has 0 saturated carbocycles. The van der Waals surface area contributed by atoms with Crippen molar-refractivity contribution < 1.29 is 13.9 Å². The third-order valence-electron chi connectivity index (χ3n) is 4.54. The van der Waals surface area contributed by atoms with E-state index in [-0.39, 0.29) is 41.4 Å². The normalized spacial score (nSPS) is 16.8. The fourth-order valence-electron chi connectivity index (χ4n) is 2.91. The van der Waals surface area contributed by atoms with E-state index in [0.29, 0.717) is 18.8 Å². The molecule has 0 aromatic heterocycles. The van der Waals surface area contributed by atoms with Crippen LogP contribution in [0.3, 0.4) is 0 Å². The summed E-state index contributed by atoms with van der Waals surface area (Å²) >= 11 is 0. The van der Waals surface area contributed by atoms with E-state index in [1.807, 2.05) is 13.8 Å². The summed E-state index contributed by atoms with van der Waals surface area (Å²) in [5, 5.41) is 6.60. The summed E-state index contributed by atoms with van der Waals surface area (Å²) in [6, 6.07) is 6.06. The van der Waals surface area contributed by atoms with Crippen molar-refractivity contribution in [2.75, 3.05) is 45.9 Å². The highest BCUT2D eigenvalue weighted by Crippen LogP contribution is 2.16. The number of hydrogen-bond acceptors (Lipinski definition) is 4. The molecule has 160 valence electrons. The molecular formula is C20H34FIN4O2. The van der Waals surface area contributed by atoms with Gasteiger partial charge in [-0.15, -0.1) is 24.0 Å². The zero-order valence-electron chi connectivity index (χ0n) is 17.3. The third-order valence-corrected chi connectivity index (χ3v) is 4.54. The standard InChI is InChI=1S/C20H33FN4O2.HI/c1-5-22-19(24-15-20(3,4)25-10-12-26-13-11-25)23-14-16(2)27-18-8-6-17(21)7-9-18;/h6-9,16H,5,10-15H2,1-4H3,(H2,22,23,24);1H. The SMILES string of the molecule is CCNC(=NCC(C)(C)N1CCOCC1)NCC(C)Oc1ccc(F)cc1.I. The molecule has 0 spiro atoms. The lowest BCUT2D eigenvalue weighted by molar-refractivity contribution is -0.00684. The predicted molar refractivity (Wildman–Crippen MR) is 122 cm³/mol. The van der Waals surface area contributed by atoms with Crippen molar-refractivity contribution in [3.8, 4) is 5.75 Å². The Morgan fingerprint density at radius 3 is 2.50 bits per heavy atom. The second kappa shape index (κ2) is 12.4. The predicted octanol–water partition coefficient (Wildman–Crippen LogP) is 2.88. The Kier molecular flexibility index (Phi) is 11.1. The molecule has 1 heterocycles. The van der Waals surface area contributed by atoms with Crippen molar-refractivity contribution in [3.05, 3.63) is 30.1 Å². The number of nitrogens with one attached hydrogen (secondary N) is 2. The van der Waals surface area contributed by atoms with Gasteiger partial charge in [0, 0.05) is 25.2 Å². The van der Waals surface area contributed by atoms with Gasteiger partial charge in [0.05, 0.1) is 26.3 Å². The van der Waals surface area contributed by atoms with Crippen molar-refractivity contribution >= 4 is 29.9 Å². The van der Waals surface area contributed by atoms with Crippen LogP contribution in [0.4, 0.5) is 4.39 Å². The van der Waals surface area contributed by atoms with Gasteiger partial charge in [0.15, 0.2) is 5.96 Å². The van der Waals surface area contributed by atoms with Crippen molar-refractivity contribution in [1.82, 2.24) is 15.5 Å². The first kappa shape index (κ1) is 24.9. The molecule has 1 aliphatic rings. The van der Waals surface area contributed by atoms with Gasteiger partial charge >= 0.3 is 0 Å². The number of rotatable bonds is 8. The van der Waals surface area contributed by atoms with Crippen LogP contribution in [0.5, 0.6) is 5.75 Å². The van der Waals surface area contributed by atoms with E-state index in [1.54, 1.807) is 12.1 Å². The average Bonchev–Trinajstić information content (AvgIpc) is 2.66. The quantitative estimate of drug-likeness (QED) is 0.322. The van der Waals surface area contributed by atoms with Crippen molar-refractivity contribution in [3.63, 3.8) is 0 Å². The highest BCUT2D eigenvalue weighted by Gasteiger charge is 2.28. The molecule has 0 amide bonds. The van der Waals surface area contributed by atoms with Crippen LogP contribution in [0, 0.1) is 5.82 Å². The van der Waals surface area contributed by atoms with Gasteiger partial charge < -0.3 is 20.1 Å². The van der Waals surface area contributed by atoms with Crippen LogP contribution < -0.4 is 15.4 Å². The van der Waals surface area contributed by atoms with E-state index in [0.717, 1.165) is 38.8 Å². The van der Waals surface area contributed by atoms with Gasteiger partial charge in [-0.25, -0.2) is 4.39 Å². The second-order valence-corrected chi connectivity index (χ2v) is 7.37. The summed E-state index contributed by atoms with van der Waals surface area (Å²) < 4.78 is 24.2. The van der Waals surface area contributed by atoms with Crippen molar-refractivity contribution in [2.24, 2.45) is 4.99 Å². The summed E-state index contributed by atoms with van der Waals surface area (Å²) in [5.41, 5.74) is -0.0254. The molecule has 0 bridgehead atoms. The molecule has 6 nitrogen and oxygen atoms in total. The highest BCUT2D eigenvalue weighted by molar-refractivity contribution is 14.0. The van der Waals surface area contributed by atoms with Gasteiger partial charge in [-0.1, -0.05) is 0 Å². The number of aliphatic imine (C=N–C) groups is 1. The Labute approximate surface area is 185 Å². The largest absolute Gasteiger partial charge is 0.489 e. The minimum Gasteiger partial charge on any atom is -0.489 e. The molecule has 1 saturated heterocycles. The molecular weight excluding hydrogens is 474 g/mol. The Morgan fingerprint density at radius 2 is 1.89 bits per heavy atom. The molecule has 1 aromatic rings. The maximum absolute atomic E-state index is 13.0. The summed E-state index contributed by atoms with van der Waals surface area (Å²) in [6.45, 7) is 14.0. The van der Waals surface area contributed by atoms with E-state index < -0.39 is 0 Å². The molecule has 0 aliphatic carbocycles. The molecule has 2 N–H and O–H groups in total. The zero-order chi connectivity index (χ0) is 19.7. The van der Waals surface area contributed by atoms with Crippen LogP contribution in [-0.2, 0) is 4.74 Å². The number of nitrogens with zero attached hydrogens (tertiary/aromatic N) is 2. The first-order valence-corrected chi connectivity index (χ1v) is 9.68. The number of ether oxygens (including phenoxy) is 2. The number of benzene rings is 1. The Balaban J connectivity index is 0.00000392. The average molecular weight is 508 g/mol. The summed E-state index contributed by atoms with van der Waals surface area (Å²) in [6.07, 6.45) is -0.0772. The lowest BCUT2D eigenvalue weighted by Gasteiger charge is -2.39. The van der Waals surface area contributed by atoms with Gasteiger partial charge in [-0.3, -0.25) is 9.89 Å². The summed E-state index contributed by atoms with van der Waals surface area (Å²) in [5.74, 6) is 1.16. The molecule has 0 radical (unpaired) electrons. The van der Waals surface area contributed by atoms with Crippen LogP contribution in [0.2, 0.25) is 0 Å². The maximum Gasteiger partial charge on any atom is 0.191 e. The summed E-state index contributed by atoms with van der Waals surface area (Å²) in [4.78, 5) is 7.18. The van der Waals surface area contributed by atoms with E-state index in [9.17, 15) is 4.39 Å². The topological polar surface area (TPSA) is 58.1 Å². The minimum absolute atomic E-state index is 0. The molecule has 1 aromatic carbocycles. The molecule has 2 rings (SSSR count). The molecule has 1 aliphatic heterocycles. The van der Waals surface area contributed by atoms with Gasteiger partial charge in [-0.05, 0) is 52.0 Å². The first-order valence-electron chi connectivity index (χ1n) is 9.68. The lowest BCUT2D eigenvalue weighted by atomic mass is 10.0. The molecule has 1 fully saturated rings. The fourth-order valence-corrected chi connectivity index (χ4v) is 2.91. The van der Waals surface area contributed by atoms with Crippen LogP contribution >= 0.6 is 24.0 Å². The van der Waals surface area contributed by atoms with E-state index >= 15 is 0 Å². The highest BCUT2D eigenvalue weighted by atomic mass is 127. The minimum atomic E-state index is -0.266. The van der Waals surface area contributed by atoms with Gasteiger partial charge in [0.1, 0.15) is 17.7 Å². The third kappa shape index (κ3) is 8.48. The van der Waals surface area contributed by atoms with E-state index in [4.69, 9.17) is 14.5 Å². The Morgan fingerprint density at radius 1 is 1.25 bits per heavy atom. The fraction of sp³-hybridized carbons (Fsp3) is 0.650.